The molecular weight excluding hydrogens is 214 g/mol. The molecule has 0 bridgehead atoms. The highest BCUT2D eigenvalue weighted by atomic mass is 32.2. The zero-order chi connectivity index (χ0) is 11.3. The smallest absolute Gasteiger partial charge is 0.242 e. The Bertz CT molecular complexity index is 417. The number of hydrogen-bond acceptors (Lipinski definition) is 4. The van der Waals surface area contributed by atoms with Crippen LogP contribution in [0.25, 0.3) is 0 Å². The van der Waals surface area contributed by atoms with E-state index in [2.05, 4.69) is 9.71 Å². The lowest BCUT2D eigenvalue weighted by molar-refractivity contribution is 0.578. The summed E-state index contributed by atoms with van der Waals surface area (Å²) in [4.78, 5) is 3.84. The van der Waals surface area contributed by atoms with Crippen LogP contribution < -0.4 is 10.5 Å². The molecule has 3 N–H and O–H groups in total. The lowest BCUT2D eigenvalue weighted by Gasteiger charge is -2.05. The Labute approximate surface area is 89.8 Å². The quantitative estimate of drug-likeness (QED) is 0.729. The van der Waals surface area contributed by atoms with Gasteiger partial charge in [-0.1, -0.05) is 13.3 Å². The number of sulfonamides is 1. The summed E-state index contributed by atoms with van der Waals surface area (Å²) in [6.45, 7) is 2.43. The van der Waals surface area contributed by atoms with Crippen molar-refractivity contribution in [3.63, 3.8) is 0 Å². The molecule has 6 heteroatoms. The Morgan fingerprint density at radius 3 is 2.80 bits per heavy atom. The van der Waals surface area contributed by atoms with E-state index < -0.39 is 10.0 Å². The Balaban J connectivity index is 2.77. The first-order valence-electron chi connectivity index (χ1n) is 4.76. The number of unbranched alkanes of at least 4 members (excludes halogenated alkanes) is 1. The molecule has 5 nitrogen and oxygen atoms in total. The first-order chi connectivity index (χ1) is 7.06. The van der Waals surface area contributed by atoms with Crippen LogP contribution in [-0.2, 0) is 10.0 Å². The number of nitrogens with two attached hydrogens (primary N) is 1. The molecule has 0 radical (unpaired) electrons. The Hall–Kier alpha value is -1.14. The summed E-state index contributed by atoms with van der Waals surface area (Å²) in [6.07, 6.45) is 4.45. The molecule has 1 heterocycles. The second kappa shape index (κ2) is 5.09. The molecule has 0 atom stereocenters. The summed E-state index contributed by atoms with van der Waals surface area (Å²) >= 11 is 0. The third-order valence-corrected chi connectivity index (χ3v) is 3.30. The summed E-state index contributed by atoms with van der Waals surface area (Å²) in [7, 11) is -3.45. The van der Waals surface area contributed by atoms with Gasteiger partial charge in [-0.15, -0.1) is 0 Å². The standard InChI is InChI=1S/C9H15N3O2S/c1-2-3-4-12-15(13,14)9-5-8(10)6-11-7-9/h5-7,12H,2-4,10H2,1H3. The molecule has 0 fully saturated rings. The lowest BCUT2D eigenvalue weighted by Crippen LogP contribution is -2.24. The molecule has 1 rings (SSSR count). The monoisotopic (exact) mass is 229 g/mol. The Kier molecular flexibility index (Phi) is 4.05. The summed E-state index contributed by atoms with van der Waals surface area (Å²) in [6, 6.07) is 1.39. The minimum atomic E-state index is -3.45. The zero-order valence-corrected chi connectivity index (χ0v) is 9.42. The molecule has 0 aromatic carbocycles. The molecule has 0 unspecified atom stereocenters. The van der Waals surface area contributed by atoms with Gasteiger partial charge in [0.25, 0.3) is 0 Å². The van der Waals surface area contributed by atoms with Crippen LogP contribution in [0.4, 0.5) is 5.69 Å². The number of anilines is 1. The summed E-state index contributed by atoms with van der Waals surface area (Å²) < 4.78 is 25.8. The van der Waals surface area contributed by atoms with Gasteiger partial charge >= 0.3 is 0 Å². The van der Waals surface area contributed by atoms with E-state index in [4.69, 9.17) is 5.73 Å². The van der Waals surface area contributed by atoms with Gasteiger partial charge in [0.05, 0.1) is 5.69 Å². The Morgan fingerprint density at radius 1 is 1.47 bits per heavy atom. The van der Waals surface area contributed by atoms with E-state index in [1.165, 1.54) is 18.5 Å². The number of aromatic nitrogens is 1. The van der Waals surface area contributed by atoms with E-state index in [1.54, 1.807) is 0 Å². The van der Waals surface area contributed by atoms with E-state index in [0.717, 1.165) is 12.8 Å². The molecule has 1 aromatic heterocycles. The lowest BCUT2D eigenvalue weighted by atomic mass is 10.3. The van der Waals surface area contributed by atoms with Crippen molar-refractivity contribution in [1.29, 1.82) is 0 Å². The minimum absolute atomic E-state index is 0.110. The van der Waals surface area contributed by atoms with Crippen molar-refractivity contribution in [3.8, 4) is 0 Å². The Morgan fingerprint density at radius 2 is 2.20 bits per heavy atom. The van der Waals surface area contributed by atoms with Gasteiger partial charge < -0.3 is 5.73 Å². The van der Waals surface area contributed by atoms with Gasteiger partial charge in [0.2, 0.25) is 10.0 Å². The summed E-state index contributed by atoms with van der Waals surface area (Å²) in [5.74, 6) is 0. The van der Waals surface area contributed by atoms with E-state index >= 15 is 0 Å². The third-order valence-electron chi connectivity index (χ3n) is 1.87. The zero-order valence-electron chi connectivity index (χ0n) is 8.60. The van der Waals surface area contributed by atoms with Crippen LogP contribution in [0.3, 0.4) is 0 Å². The fourth-order valence-electron chi connectivity index (χ4n) is 1.05. The molecule has 0 saturated carbocycles. The fourth-order valence-corrected chi connectivity index (χ4v) is 2.12. The van der Waals surface area contributed by atoms with Crippen LogP contribution in [0.1, 0.15) is 19.8 Å². The highest BCUT2D eigenvalue weighted by Crippen LogP contribution is 2.10. The van der Waals surface area contributed by atoms with Crippen molar-refractivity contribution in [2.45, 2.75) is 24.7 Å². The van der Waals surface area contributed by atoms with Crippen molar-refractivity contribution in [2.24, 2.45) is 0 Å². The fraction of sp³-hybridized carbons (Fsp3) is 0.444. The highest BCUT2D eigenvalue weighted by Gasteiger charge is 2.13. The van der Waals surface area contributed by atoms with Gasteiger partial charge in [0.1, 0.15) is 4.90 Å². The minimum Gasteiger partial charge on any atom is -0.397 e. The molecule has 0 spiro atoms. The molecule has 84 valence electrons. The van der Waals surface area contributed by atoms with Crippen LogP contribution >= 0.6 is 0 Å². The van der Waals surface area contributed by atoms with E-state index in [1.807, 2.05) is 6.92 Å². The molecule has 0 amide bonds. The second-order valence-electron chi connectivity index (χ2n) is 3.21. The number of nitrogens with zero attached hydrogens (tertiary/aromatic N) is 1. The molecule has 1 aromatic rings. The second-order valence-corrected chi connectivity index (χ2v) is 4.97. The summed E-state index contributed by atoms with van der Waals surface area (Å²) in [5.41, 5.74) is 5.80. The van der Waals surface area contributed by atoms with Gasteiger partial charge in [-0.2, -0.15) is 0 Å². The van der Waals surface area contributed by atoms with Crippen LogP contribution in [0, 0.1) is 0 Å². The van der Waals surface area contributed by atoms with Crippen LogP contribution in [0.15, 0.2) is 23.4 Å². The summed E-state index contributed by atoms with van der Waals surface area (Å²) in [5, 5.41) is 0. The van der Waals surface area contributed by atoms with Gasteiger partial charge in [-0.05, 0) is 12.5 Å². The largest absolute Gasteiger partial charge is 0.397 e. The molecule has 0 aliphatic rings. The molecule has 0 aliphatic carbocycles. The van der Waals surface area contributed by atoms with Gasteiger partial charge in [0.15, 0.2) is 0 Å². The van der Waals surface area contributed by atoms with Gasteiger partial charge in [-0.3, -0.25) is 4.98 Å². The van der Waals surface area contributed by atoms with E-state index in [0.29, 0.717) is 12.2 Å². The predicted octanol–water partition coefficient (Wildman–Crippen LogP) is 0.742. The van der Waals surface area contributed by atoms with Gasteiger partial charge in [0, 0.05) is 18.9 Å². The van der Waals surface area contributed by atoms with Crippen molar-refractivity contribution >= 4 is 15.7 Å². The topological polar surface area (TPSA) is 85.1 Å². The third kappa shape index (κ3) is 3.49. The van der Waals surface area contributed by atoms with Crippen molar-refractivity contribution in [3.05, 3.63) is 18.5 Å². The van der Waals surface area contributed by atoms with E-state index in [-0.39, 0.29) is 4.90 Å². The number of nitrogens with one attached hydrogen (secondary N) is 1. The van der Waals surface area contributed by atoms with Crippen LogP contribution in [0.5, 0.6) is 0 Å². The number of rotatable bonds is 5. The molecule has 0 saturated heterocycles. The van der Waals surface area contributed by atoms with Gasteiger partial charge in [-0.25, -0.2) is 13.1 Å². The SMILES string of the molecule is CCCCNS(=O)(=O)c1cncc(N)c1. The van der Waals surface area contributed by atoms with Crippen molar-refractivity contribution < 1.29 is 8.42 Å². The first-order valence-corrected chi connectivity index (χ1v) is 6.25. The number of hydrogen-bond donors (Lipinski definition) is 2. The first kappa shape index (κ1) is 11.9. The maximum atomic E-state index is 11.7. The molecule has 15 heavy (non-hydrogen) atoms. The number of nitrogen functional groups attached to an aromatic ring is 1. The normalized spacial score (nSPS) is 11.5. The maximum absolute atomic E-state index is 11.7. The molecular formula is C9H15N3O2S. The van der Waals surface area contributed by atoms with Crippen LogP contribution in [-0.4, -0.2) is 19.9 Å². The number of pyridine rings is 1. The highest BCUT2D eigenvalue weighted by molar-refractivity contribution is 7.89. The maximum Gasteiger partial charge on any atom is 0.242 e. The van der Waals surface area contributed by atoms with E-state index in [9.17, 15) is 8.42 Å². The van der Waals surface area contributed by atoms with Crippen molar-refractivity contribution in [1.82, 2.24) is 9.71 Å². The van der Waals surface area contributed by atoms with Crippen molar-refractivity contribution in [2.75, 3.05) is 12.3 Å². The van der Waals surface area contributed by atoms with Crippen LogP contribution in [0.2, 0.25) is 0 Å². The average molecular weight is 229 g/mol. The molecule has 0 aliphatic heterocycles. The average Bonchev–Trinajstić information content (AvgIpc) is 2.18. The predicted molar refractivity (Wildman–Crippen MR) is 58.7 cm³/mol.